The maximum absolute atomic E-state index is 12.8. The molecule has 2 aromatic rings. The molecule has 0 radical (unpaired) electrons. The molecule has 0 fully saturated rings. The Bertz CT molecular complexity index is 903. The second-order valence-corrected chi connectivity index (χ2v) is 9.53. The fourth-order valence-corrected chi connectivity index (χ4v) is 2.38. The van der Waals surface area contributed by atoms with Crippen molar-refractivity contribution in [3.05, 3.63) is 53.6 Å². The number of aryl methyl sites for hydroxylation is 1. The predicted octanol–water partition coefficient (Wildman–Crippen LogP) is 5.22. The lowest BCUT2D eigenvalue weighted by molar-refractivity contribution is -0.123. The molecule has 0 atom stereocenters. The van der Waals surface area contributed by atoms with Crippen LogP contribution in [0, 0.1) is 17.8 Å². The van der Waals surface area contributed by atoms with Crippen molar-refractivity contribution in [3.8, 4) is 0 Å². The maximum atomic E-state index is 12.8. The van der Waals surface area contributed by atoms with Gasteiger partial charge in [0, 0.05) is 33.5 Å². The molecule has 0 spiro atoms. The Morgan fingerprint density at radius 2 is 1.07 bits per heavy atom. The van der Waals surface area contributed by atoms with Gasteiger partial charge in [-0.2, -0.15) is 0 Å². The first-order valence-corrected chi connectivity index (χ1v) is 9.92. The number of amides is 3. The lowest BCUT2D eigenvalue weighted by atomic mass is 9.95. The Morgan fingerprint density at radius 3 is 1.47 bits per heavy atom. The van der Waals surface area contributed by atoms with Crippen molar-refractivity contribution in [1.29, 1.82) is 0 Å². The van der Waals surface area contributed by atoms with Crippen LogP contribution in [-0.2, 0) is 9.59 Å². The first kappa shape index (κ1) is 23.1. The fraction of sp³-hybridized carbons (Fsp3) is 0.375. The summed E-state index contributed by atoms with van der Waals surface area (Å²) < 4.78 is 0. The van der Waals surface area contributed by atoms with Crippen LogP contribution in [-0.4, -0.2) is 17.7 Å². The Kier molecular flexibility index (Phi) is 6.70. The summed E-state index contributed by atoms with van der Waals surface area (Å²) in [5.74, 6) is -0.713. The Morgan fingerprint density at radius 1 is 0.633 bits per heavy atom. The third-order valence-electron chi connectivity index (χ3n) is 4.38. The molecular formula is C24H31N3O3. The van der Waals surface area contributed by atoms with Gasteiger partial charge in [-0.15, -0.1) is 0 Å². The Labute approximate surface area is 178 Å². The third kappa shape index (κ3) is 6.44. The molecule has 0 unspecified atom stereocenters. The molecule has 0 aliphatic carbocycles. The summed E-state index contributed by atoms with van der Waals surface area (Å²) in [5.41, 5.74) is 1.75. The smallest absolute Gasteiger partial charge is 0.255 e. The normalized spacial score (nSPS) is 11.6. The van der Waals surface area contributed by atoms with Crippen LogP contribution >= 0.6 is 0 Å². The topological polar surface area (TPSA) is 87.3 Å². The van der Waals surface area contributed by atoms with Gasteiger partial charge in [-0.05, 0) is 37.3 Å². The van der Waals surface area contributed by atoms with Gasteiger partial charge in [0.15, 0.2) is 0 Å². The van der Waals surface area contributed by atoms with E-state index in [2.05, 4.69) is 16.0 Å². The zero-order valence-corrected chi connectivity index (χ0v) is 18.8. The molecule has 0 bridgehead atoms. The average Bonchev–Trinajstić information content (AvgIpc) is 2.61. The lowest BCUT2D eigenvalue weighted by Gasteiger charge is -2.20. The van der Waals surface area contributed by atoms with Crippen LogP contribution in [0.5, 0.6) is 0 Å². The molecule has 2 rings (SSSR count). The molecule has 0 saturated carbocycles. The molecule has 6 nitrogen and oxygen atoms in total. The van der Waals surface area contributed by atoms with Gasteiger partial charge < -0.3 is 16.0 Å². The van der Waals surface area contributed by atoms with Crippen LogP contribution in [0.25, 0.3) is 0 Å². The van der Waals surface area contributed by atoms with Crippen LogP contribution < -0.4 is 16.0 Å². The molecule has 3 amide bonds. The molecule has 0 aliphatic rings. The van der Waals surface area contributed by atoms with E-state index in [0.717, 1.165) is 5.56 Å². The van der Waals surface area contributed by atoms with E-state index in [4.69, 9.17) is 0 Å². The highest BCUT2D eigenvalue weighted by Crippen LogP contribution is 2.25. The van der Waals surface area contributed by atoms with E-state index in [1.165, 1.54) is 0 Å². The number of hydrogen-bond acceptors (Lipinski definition) is 3. The minimum absolute atomic E-state index is 0.188. The largest absolute Gasteiger partial charge is 0.326 e. The van der Waals surface area contributed by atoms with E-state index in [9.17, 15) is 14.4 Å². The first-order chi connectivity index (χ1) is 13.8. The summed E-state index contributed by atoms with van der Waals surface area (Å²) in [6.07, 6.45) is 0. The van der Waals surface area contributed by atoms with Crippen LogP contribution in [0.3, 0.4) is 0 Å². The van der Waals surface area contributed by atoms with E-state index < -0.39 is 10.8 Å². The SMILES string of the molecule is Cc1ccc(NC(=O)c2cc(NC(=O)C(C)(C)C)cc(NC(=O)C(C)(C)C)c2)cc1. The lowest BCUT2D eigenvalue weighted by Crippen LogP contribution is -2.29. The summed E-state index contributed by atoms with van der Waals surface area (Å²) in [6.45, 7) is 12.8. The second-order valence-electron chi connectivity index (χ2n) is 9.53. The summed E-state index contributed by atoms with van der Waals surface area (Å²) >= 11 is 0. The first-order valence-electron chi connectivity index (χ1n) is 9.92. The van der Waals surface area contributed by atoms with Gasteiger partial charge in [0.25, 0.3) is 5.91 Å². The van der Waals surface area contributed by atoms with E-state index in [0.29, 0.717) is 22.6 Å². The van der Waals surface area contributed by atoms with E-state index in [1.807, 2.05) is 31.2 Å². The highest BCUT2D eigenvalue weighted by molar-refractivity contribution is 6.07. The number of benzene rings is 2. The monoisotopic (exact) mass is 409 g/mol. The molecule has 0 heterocycles. The molecule has 30 heavy (non-hydrogen) atoms. The zero-order valence-electron chi connectivity index (χ0n) is 18.8. The van der Waals surface area contributed by atoms with Crippen molar-refractivity contribution in [2.45, 2.75) is 48.5 Å². The number of nitrogens with one attached hydrogen (secondary N) is 3. The molecule has 3 N–H and O–H groups in total. The van der Waals surface area contributed by atoms with Crippen molar-refractivity contribution in [2.75, 3.05) is 16.0 Å². The van der Waals surface area contributed by atoms with Gasteiger partial charge in [-0.3, -0.25) is 14.4 Å². The molecular weight excluding hydrogens is 378 g/mol. The standard InChI is InChI=1S/C24H31N3O3/c1-15-8-10-17(11-9-15)25-20(28)16-12-18(26-21(29)23(2,3)4)14-19(13-16)27-22(30)24(5,6)7/h8-14H,1-7H3,(H,25,28)(H,26,29)(H,27,30). The number of anilines is 3. The maximum Gasteiger partial charge on any atom is 0.255 e. The summed E-state index contributed by atoms with van der Waals surface area (Å²) in [5, 5.41) is 8.50. The van der Waals surface area contributed by atoms with E-state index in [-0.39, 0.29) is 17.7 Å². The van der Waals surface area contributed by atoms with Crippen LogP contribution in [0.4, 0.5) is 17.1 Å². The summed E-state index contributed by atoms with van der Waals surface area (Å²) in [4.78, 5) is 37.7. The molecule has 0 aromatic heterocycles. The van der Waals surface area contributed by atoms with Crippen molar-refractivity contribution >= 4 is 34.8 Å². The number of rotatable bonds is 4. The van der Waals surface area contributed by atoms with Gasteiger partial charge in [0.05, 0.1) is 0 Å². The van der Waals surface area contributed by atoms with Crippen molar-refractivity contribution < 1.29 is 14.4 Å². The van der Waals surface area contributed by atoms with Gasteiger partial charge >= 0.3 is 0 Å². The van der Waals surface area contributed by atoms with Crippen molar-refractivity contribution in [2.24, 2.45) is 10.8 Å². The highest BCUT2D eigenvalue weighted by atomic mass is 16.2. The summed E-state index contributed by atoms with van der Waals surface area (Å²) in [7, 11) is 0. The Hall–Kier alpha value is -3.15. The van der Waals surface area contributed by atoms with Gasteiger partial charge in [0.2, 0.25) is 11.8 Å². The van der Waals surface area contributed by atoms with Crippen LogP contribution in [0.15, 0.2) is 42.5 Å². The number of carbonyl (C=O) groups excluding carboxylic acids is 3. The quantitative estimate of drug-likeness (QED) is 0.647. The van der Waals surface area contributed by atoms with Gasteiger partial charge in [0.1, 0.15) is 0 Å². The molecule has 6 heteroatoms. The highest BCUT2D eigenvalue weighted by Gasteiger charge is 2.24. The van der Waals surface area contributed by atoms with Crippen LogP contribution in [0.1, 0.15) is 57.5 Å². The fourth-order valence-electron chi connectivity index (χ4n) is 2.38. The zero-order chi connectivity index (χ0) is 22.7. The van der Waals surface area contributed by atoms with Crippen LogP contribution in [0.2, 0.25) is 0 Å². The molecule has 0 saturated heterocycles. The van der Waals surface area contributed by atoms with Crippen molar-refractivity contribution in [3.63, 3.8) is 0 Å². The van der Waals surface area contributed by atoms with E-state index in [1.54, 1.807) is 59.7 Å². The minimum Gasteiger partial charge on any atom is -0.326 e. The van der Waals surface area contributed by atoms with Gasteiger partial charge in [-0.1, -0.05) is 59.2 Å². The van der Waals surface area contributed by atoms with Crippen molar-refractivity contribution in [1.82, 2.24) is 0 Å². The molecule has 0 aliphatic heterocycles. The number of carbonyl (C=O) groups is 3. The average molecular weight is 410 g/mol. The number of hydrogen-bond donors (Lipinski definition) is 3. The third-order valence-corrected chi connectivity index (χ3v) is 4.38. The predicted molar refractivity (Wildman–Crippen MR) is 122 cm³/mol. The minimum atomic E-state index is -0.602. The van der Waals surface area contributed by atoms with E-state index >= 15 is 0 Å². The van der Waals surface area contributed by atoms with Gasteiger partial charge in [-0.25, -0.2) is 0 Å². The molecule has 160 valence electrons. The second kappa shape index (κ2) is 8.69. The summed E-state index contributed by atoms with van der Waals surface area (Å²) in [6, 6.07) is 12.3. The molecule has 2 aromatic carbocycles. The Balaban J connectivity index is 2.36.